The summed E-state index contributed by atoms with van der Waals surface area (Å²) >= 11 is 1.62. The van der Waals surface area contributed by atoms with Gasteiger partial charge >= 0.3 is 0 Å². The molecule has 0 spiro atoms. The highest BCUT2D eigenvalue weighted by molar-refractivity contribution is 7.98. The summed E-state index contributed by atoms with van der Waals surface area (Å²) in [5.41, 5.74) is 3.82. The molecule has 5 nitrogen and oxygen atoms in total. The van der Waals surface area contributed by atoms with Crippen LogP contribution in [0.15, 0.2) is 57.9 Å². The van der Waals surface area contributed by atoms with Gasteiger partial charge in [-0.15, -0.1) is 11.8 Å². The van der Waals surface area contributed by atoms with Crippen molar-refractivity contribution >= 4 is 17.7 Å². The van der Waals surface area contributed by atoms with E-state index in [0.717, 1.165) is 45.4 Å². The van der Waals surface area contributed by atoms with E-state index in [4.69, 9.17) is 9.26 Å². The predicted octanol–water partition coefficient (Wildman–Crippen LogP) is 4.56. The zero-order valence-electron chi connectivity index (χ0n) is 16.3. The Morgan fingerprint density at radius 3 is 2.57 bits per heavy atom. The Hall–Kier alpha value is -2.73. The number of aromatic nitrogens is 1. The number of ether oxygens (including phenoxy) is 1. The number of nitrogens with one attached hydrogen (secondary N) is 1. The van der Waals surface area contributed by atoms with Crippen molar-refractivity contribution in [1.82, 2.24) is 10.5 Å². The summed E-state index contributed by atoms with van der Waals surface area (Å²) in [6, 6.07) is 15.5. The lowest BCUT2D eigenvalue weighted by Gasteiger charge is -2.10. The van der Waals surface area contributed by atoms with Gasteiger partial charge in [0.2, 0.25) is 0 Å². The van der Waals surface area contributed by atoms with Crippen LogP contribution in [-0.2, 0) is 12.2 Å². The molecule has 1 heterocycles. The van der Waals surface area contributed by atoms with Crippen molar-refractivity contribution in [3.05, 3.63) is 76.7 Å². The minimum Gasteiger partial charge on any atom is -0.497 e. The molecule has 0 saturated heterocycles. The Labute approximate surface area is 169 Å². The van der Waals surface area contributed by atoms with Crippen LogP contribution in [0.5, 0.6) is 5.75 Å². The normalized spacial score (nSPS) is 10.7. The van der Waals surface area contributed by atoms with Gasteiger partial charge in [0, 0.05) is 22.8 Å². The van der Waals surface area contributed by atoms with Crippen LogP contribution in [0.3, 0.4) is 0 Å². The second-order valence-electron chi connectivity index (χ2n) is 6.44. The van der Waals surface area contributed by atoms with Crippen LogP contribution >= 0.6 is 11.8 Å². The Morgan fingerprint density at radius 2 is 1.89 bits per heavy atom. The van der Waals surface area contributed by atoms with Gasteiger partial charge in [0.25, 0.3) is 5.91 Å². The zero-order valence-corrected chi connectivity index (χ0v) is 17.1. The van der Waals surface area contributed by atoms with Crippen LogP contribution in [0, 0.1) is 13.8 Å². The minimum atomic E-state index is -0.0598. The van der Waals surface area contributed by atoms with E-state index in [1.54, 1.807) is 18.9 Å². The highest BCUT2D eigenvalue weighted by Crippen LogP contribution is 2.28. The maximum Gasteiger partial charge on any atom is 0.252 e. The molecule has 0 aliphatic carbocycles. The van der Waals surface area contributed by atoms with Crippen molar-refractivity contribution in [2.75, 3.05) is 13.7 Å². The van der Waals surface area contributed by atoms with Crippen LogP contribution < -0.4 is 10.1 Å². The number of aryl methyl sites for hydroxylation is 2. The van der Waals surface area contributed by atoms with Crippen LogP contribution in [0.4, 0.5) is 0 Å². The topological polar surface area (TPSA) is 64.4 Å². The van der Waals surface area contributed by atoms with E-state index < -0.39 is 0 Å². The Morgan fingerprint density at radius 1 is 1.14 bits per heavy atom. The molecule has 3 rings (SSSR count). The molecule has 6 heteroatoms. The molecule has 0 saturated carbocycles. The number of rotatable bonds is 8. The summed E-state index contributed by atoms with van der Waals surface area (Å²) in [4.78, 5) is 13.6. The van der Waals surface area contributed by atoms with E-state index in [1.165, 1.54) is 0 Å². The number of thioether (sulfide) groups is 1. The fourth-order valence-electron chi connectivity index (χ4n) is 2.85. The largest absolute Gasteiger partial charge is 0.497 e. The lowest BCUT2D eigenvalue weighted by atomic mass is 10.1. The Bertz CT molecular complexity index is 916. The summed E-state index contributed by atoms with van der Waals surface area (Å²) in [5, 5.41) is 7.01. The number of methoxy groups -OCH3 is 1. The summed E-state index contributed by atoms with van der Waals surface area (Å²) in [6.07, 6.45) is 0.768. The lowest BCUT2D eigenvalue weighted by Crippen LogP contribution is -2.26. The predicted molar refractivity (Wildman–Crippen MR) is 111 cm³/mol. The molecule has 0 aliphatic heterocycles. The van der Waals surface area contributed by atoms with E-state index in [0.29, 0.717) is 12.1 Å². The first kappa shape index (κ1) is 20.0. The molecule has 2 aromatic carbocycles. The highest BCUT2D eigenvalue weighted by atomic mass is 32.2. The van der Waals surface area contributed by atoms with E-state index in [2.05, 4.69) is 10.5 Å². The molecule has 28 heavy (non-hydrogen) atoms. The fraction of sp³-hybridized carbons (Fsp3) is 0.273. The lowest BCUT2D eigenvalue weighted by molar-refractivity contribution is 0.0951. The monoisotopic (exact) mass is 396 g/mol. The summed E-state index contributed by atoms with van der Waals surface area (Å²) in [6.45, 7) is 4.42. The van der Waals surface area contributed by atoms with Gasteiger partial charge in [-0.2, -0.15) is 0 Å². The molecule has 0 aliphatic rings. The smallest absolute Gasteiger partial charge is 0.252 e. The maximum absolute atomic E-state index is 12.7. The number of benzene rings is 2. The summed E-state index contributed by atoms with van der Waals surface area (Å²) in [5.74, 6) is 2.32. The van der Waals surface area contributed by atoms with Gasteiger partial charge in [-0.05, 0) is 50.1 Å². The third-order valence-electron chi connectivity index (χ3n) is 4.54. The van der Waals surface area contributed by atoms with Gasteiger partial charge in [0.15, 0.2) is 0 Å². The maximum atomic E-state index is 12.7. The first-order valence-corrected chi connectivity index (χ1v) is 10.1. The second-order valence-corrected chi connectivity index (χ2v) is 7.46. The van der Waals surface area contributed by atoms with Gasteiger partial charge < -0.3 is 14.6 Å². The van der Waals surface area contributed by atoms with Crippen LogP contribution in [0.25, 0.3) is 0 Å². The first-order valence-electron chi connectivity index (χ1n) is 9.13. The molecule has 0 fully saturated rings. The molecule has 0 unspecified atom stereocenters. The van der Waals surface area contributed by atoms with Crippen LogP contribution in [-0.4, -0.2) is 24.7 Å². The molecule has 0 atom stereocenters. The number of carbonyl (C=O) groups is 1. The highest BCUT2D eigenvalue weighted by Gasteiger charge is 2.14. The first-order chi connectivity index (χ1) is 13.6. The average Bonchev–Trinajstić information content (AvgIpc) is 3.04. The summed E-state index contributed by atoms with van der Waals surface area (Å²) < 4.78 is 10.4. The standard InChI is InChI=1S/C22H24N2O3S/c1-15-20(16(2)27-24-15)14-28-21-7-5-4-6-19(21)22(25)23-13-12-17-8-10-18(26-3)11-9-17/h4-11H,12-14H2,1-3H3,(H,23,25). The van der Waals surface area contributed by atoms with E-state index in [9.17, 15) is 4.79 Å². The summed E-state index contributed by atoms with van der Waals surface area (Å²) in [7, 11) is 1.65. The SMILES string of the molecule is COc1ccc(CCNC(=O)c2ccccc2SCc2c(C)noc2C)cc1. The van der Waals surface area contributed by atoms with Crippen LogP contribution in [0.2, 0.25) is 0 Å². The molecule has 0 radical (unpaired) electrons. The van der Waals surface area contributed by atoms with Crippen molar-refractivity contribution in [2.45, 2.75) is 30.9 Å². The fourth-order valence-corrected chi connectivity index (χ4v) is 4.05. The second kappa shape index (κ2) is 9.46. The quantitative estimate of drug-likeness (QED) is 0.565. The van der Waals surface area contributed by atoms with Gasteiger partial charge in [-0.25, -0.2) is 0 Å². The van der Waals surface area contributed by atoms with Crippen molar-refractivity contribution in [1.29, 1.82) is 0 Å². The minimum absolute atomic E-state index is 0.0598. The van der Waals surface area contributed by atoms with Gasteiger partial charge in [-0.3, -0.25) is 4.79 Å². The third kappa shape index (κ3) is 4.95. The van der Waals surface area contributed by atoms with Crippen molar-refractivity contribution in [2.24, 2.45) is 0 Å². The number of hydrogen-bond acceptors (Lipinski definition) is 5. The molecule has 1 N–H and O–H groups in total. The Balaban J connectivity index is 1.58. The Kier molecular flexibility index (Phi) is 6.76. The number of amides is 1. The van der Waals surface area contributed by atoms with Gasteiger partial charge in [0.1, 0.15) is 11.5 Å². The number of carbonyl (C=O) groups excluding carboxylic acids is 1. The zero-order chi connectivity index (χ0) is 19.9. The molecular formula is C22H24N2O3S. The van der Waals surface area contributed by atoms with Crippen molar-refractivity contribution < 1.29 is 14.1 Å². The number of hydrogen-bond donors (Lipinski definition) is 1. The molecule has 1 aromatic heterocycles. The van der Waals surface area contributed by atoms with Crippen LogP contribution in [0.1, 0.15) is 32.9 Å². The van der Waals surface area contributed by atoms with Gasteiger partial charge in [-0.1, -0.05) is 29.4 Å². The molecule has 0 bridgehead atoms. The average molecular weight is 397 g/mol. The van der Waals surface area contributed by atoms with E-state index in [-0.39, 0.29) is 5.91 Å². The third-order valence-corrected chi connectivity index (χ3v) is 5.64. The number of nitrogens with zero attached hydrogens (tertiary/aromatic N) is 1. The van der Waals surface area contributed by atoms with Crippen molar-refractivity contribution in [3.63, 3.8) is 0 Å². The molecule has 146 valence electrons. The molecule has 3 aromatic rings. The molecule has 1 amide bonds. The van der Waals surface area contributed by atoms with E-state index in [1.807, 2.05) is 62.4 Å². The molecular weight excluding hydrogens is 372 g/mol. The van der Waals surface area contributed by atoms with Crippen molar-refractivity contribution in [3.8, 4) is 5.75 Å². The van der Waals surface area contributed by atoms with E-state index >= 15 is 0 Å². The van der Waals surface area contributed by atoms with Gasteiger partial charge in [0.05, 0.1) is 18.4 Å².